The molecule has 4 rings (SSSR count). The van der Waals surface area contributed by atoms with Crippen molar-refractivity contribution in [2.45, 2.75) is 13.3 Å². The normalized spacial score (nSPS) is 14.5. The van der Waals surface area contributed by atoms with Crippen molar-refractivity contribution in [2.75, 3.05) is 38.2 Å². The maximum absolute atomic E-state index is 13.1. The van der Waals surface area contributed by atoms with Crippen LogP contribution in [0.2, 0.25) is 5.02 Å². The molecule has 0 spiro atoms. The van der Waals surface area contributed by atoms with Crippen LogP contribution in [0.1, 0.15) is 22.9 Å². The number of carbonyl (C=O) groups excluding carboxylic acids is 1. The first-order chi connectivity index (χ1) is 14.6. The van der Waals surface area contributed by atoms with E-state index in [9.17, 15) is 4.79 Å². The molecular formula is C22H24ClN5O2. The molecule has 1 aliphatic rings. The number of para-hydroxylation sites is 1. The van der Waals surface area contributed by atoms with Gasteiger partial charge in [0.25, 0.3) is 5.91 Å². The topological polar surface area (TPSA) is 63.5 Å². The van der Waals surface area contributed by atoms with Gasteiger partial charge in [-0.3, -0.25) is 4.79 Å². The summed E-state index contributed by atoms with van der Waals surface area (Å²) in [7, 11) is 1.66. The largest absolute Gasteiger partial charge is 0.497 e. The molecule has 1 amide bonds. The van der Waals surface area contributed by atoms with Gasteiger partial charge in [-0.05, 0) is 49.7 Å². The molecule has 3 aromatic rings. The zero-order valence-electron chi connectivity index (χ0n) is 17.1. The van der Waals surface area contributed by atoms with Gasteiger partial charge >= 0.3 is 0 Å². The minimum absolute atomic E-state index is 0.152. The molecule has 7 nitrogen and oxygen atoms in total. The number of hydrogen-bond acceptors (Lipinski definition) is 5. The fraction of sp³-hybridized carbons (Fsp3) is 0.318. The third kappa shape index (κ3) is 4.11. The zero-order chi connectivity index (χ0) is 21.1. The standard InChI is InChI=1S/C22H24ClN5O2/c1-16-24-21(25-28(16)20-7-4-3-6-19(20)23)22(29)27-13-5-12-26(14-15-27)17-8-10-18(30-2)11-9-17/h3-4,6-11H,5,12-15H2,1-2H3. The van der Waals surface area contributed by atoms with E-state index in [0.29, 0.717) is 29.6 Å². The summed E-state index contributed by atoms with van der Waals surface area (Å²) >= 11 is 6.29. The van der Waals surface area contributed by atoms with Crippen LogP contribution >= 0.6 is 11.6 Å². The Morgan fingerprint density at radius 2 is 1.80 bits per heavy atom. The first-order valence-electron chi connectivity index (χ1n) is 9.93. The molecule has 1 fully saturated rings. The minimum atomic E-state index is -0.152. The van der Waals surface area contributed by atoms with Crippen molar-refractivity contribution in [1.29, 1.82) is 0 Å². The van der Waals surface area contributed by atoms with Crippen molar-refractivity contribution >= 4 is 23.2 Å². The van der Waals surface area contributed by atoms with Gasteiger partial charge in [0.15, 0.2) is 0 Å². The second kappa shape index (κ2) is 8.75. The summed E-state index contributed by atoms with van der Waals surface area (Å²) in [4.78, 5) is 21.6. The van der Waals surface area contributed by atoms with Gasteiger partial charge in [-0.15, -0.1) is 5.10 Å². The van der Waals surface area contributed by atoms with E-state index in [-0.39, 0.29) is 11.7 Å². The van der Waals surface area contributed by atoms with E-state index in [1.165, 1.54) is 0 Å². The maximum Gasteiger partial charge on any atom is 0.293 e. The second-order valence-electron chi connectivity index (χ2n) is 7.18. The number of methoxy groups -OCH3 is 1. The van der Waals surface area contributed by atoms with Gasteiger partial charge in [0, 0.05) is 31.9 Å². The second-order valence-corrected chi connectivity index (χ2v) is 7.58. The summed E-state index contributed by atoms with van der Waals surface area (Å²) in [5.74, 6) is 1.51. The number of nitrogens with zero attached hydrogens (tertiary/aromatic N) is 5. The molecule has 156 valence electrons. The predicted molar refractivity (Wildman–Crippen MR) is 117 cm³/mol. The van der Waals surface area contributed by atoms with Crippen LogP contribution in [0, 0.1) is 6.92 Å². The highest BCUT2D eigenvalue weighted by atomic mass is 35.5. The van der Waals surface area contributed by atoms with Crippen molar-refractivity contribution in [3.8, 4) is 11.4 Å². The average Bonchev–Trinajstić information content (AvgIpc) is 2.99. The number of anilines is 1. The van der Waals surface area contributed by atoms with Crippen LogP contribution in [0.3, 0.4) is 0 Å². The summed E-state index contributed by atoms with van der Waals surface area (Å²) in [5.41, 5.74) is 1.84. The Kier molecular flexibility index (Phi) is 5.90. The molecule has 1 saturated heterocycles. The summed E-state index contributed by atoms with van der Waals surface area (Å²) < 4.78 is 6.86. The summed E-state index contributed by atoms with van der Waals surface area (Å²) in [6.45, 7) is 4.75. The van der Waals surface area contributed by atoms with Gasteiger partial charge in [0.05, 0.1) is 17.8 Å². The van der Waals surface area contributed by atoms with Crippen LogP contribution in [0.15, 0.2) is 48.5 Å². The number of hydrogen-bond donors (Lipinski definition) is 0. The highest BCUT2D eigenvalue weighted by Gasteiger charge is 2.24. The fourth-order valence-electron chi connectivity index (χ4n) is 3.65. The van der Waals surface area contributed by atoms with E-state index in [2.05, 4.69) is 15.0 Å². The number of rotatable bonds is 4. The number of ether oxygens (including phenoxy) is 1. The fourth-order valence-corrected chi connectivity index (χ4v) is 3.86. The molecule has 0 N–H and O–H groups in total. The highest BCUT2D eigenvalue weighted by molar-refractivity contribution is 6.32. The number of benzene rings is 2. The van der Waals surface area contributed by atoms with E-state index >= 15 is 0 Å². The SMILES string of the molecule is COc1ccc(N2CCCN(C(=O)c3nc(C)n(-c4ccccc4Cl)n3)CC2)cc1. The first-order valence-corrected chi connectivity index (χ1v) is 10.3. The molecule has 0 unspecified atom stereocenters. The van der Waals surface area contributed by atoms with Crippen LogP contribution < -0.4 is 9.64 Å². The number of carbonyl (C=O) groups is 1. The molecule has 0 radical (unpaired) electrons. The molecule has 8 heteroatoms. The van der Waals surface area contributed by atoms with Gasteiger partial charge in [0.1, 0.15) is 11.6 Å². The van der Waals surface area contributed by atoms with Crippen molar-refractivity contribution in [3.05, 3.63) is 65.2 Å². The third-order valence-corrected chi connectivity index (χ3v) is 5.58. The van der Waals surface area contributed by atoms with Crippen LogP contribution in [0.25, 0.3) is 5.69 Å². The number of halogens is 1. The van der Waals surface area contributed by atoms with Gasteiger partial charge in [-0.25, -0.2) is 9.67 Å². The molecule has 0 atom stereocenters. The van der Waals surface area contributed by atoms with Gasteiger partial charge in [-0.1, -0.05) is 23.7 Å². The van der Waals surface area contributed by atoms with Crippen LogP contribution in [-0.4, -0.2) is 58.9 Å². The molecule has 30 heavy (non-hydrogen) atoms. The number of aryl methyl sites for hydroxylation is 1. The molecule has 1 aromatic heterocycles. The average molecular weight is 426 g/mol. The Bertz CT molecular complexity index is 1030. The van der Waals surface area contributed by atoms with Crippen molar-refractivity contribution < 1.29 is 9.53 Å². The Morgan fingerprint density at radius 3 is 2.53 bits per heavy atom. The lowest BCUT2D eigenvalue weighted by Gasteiger charge is -2.23. The Balaban J connectivity index is 1.48. The van der Waals surface area contributed by atoms with E-state index in [4.69, 9.17) is 16.3 Å². The Labute approximate surface area is 180 Å². The molecule has 0 aliphatic carbocycles. The number of amides is 1. The Hall–Kier alpha value is -3.06. The molecule has 1 aliphatic heterocycles. The lowest BCUT2D eigenvalue weighted by atomic mass is 10.2. The third-order valence-electron chi connectivity index (χ3n) is 5.26. The first kappa shape index (κ1) is 20.2. The summed E-state index contributed by atoms with van der Waals surface area (Å²) in [5, 5.41) is 5.01. The van der Waals surface area contributed by atoms with E-state index in [0.717, 1.165) is 30.9 Å². The Morgan fingerprint density at radius 1 is 1.03 bits per heavy atom. The zero-order valence-corrected chi connectivity index (χ0v) is 17.8. The van der Waals surface area contributed by atoms with Gasteiger partial charge in [0.2, 0.25) is 5.82 Å². The molecule has 0 saturated carbocycles. The molecule has 0 bridgehead atoms. The van der Waals surface area contributed by atoms with E-state index in [1.54, 1.807) is 17.9 Å². The quantitative estimate of drug-likeness (QED) is 0.639. The van der Waals surface area contributed by atoms with Crippen LogP contribution in [-0.2, 0) is 0 Å². The lowest BCUT2D eigenvalue weighted by molar-refractivity contribution is 0.0755. The van der Waals surface area contributed by atoms with Crippen molar-refractivity contribution in [1.82, 2.24) is 19.7 Å². The summed E-state index contributed by atoms with van der Waals surface area (Å²) in [6, 6.07) is 15.4. The number of aromatic nitrogens is 3. The van der Waals surface area contributed by atoms with Gasteiger partial charge in [-0.2, -0.15) is 0 Å². The molecule has 2 heterocycles. The summed E-state index contributed by atoms with van der Waals surface area (Å²) in [6.07, 6.45) is 0.877. The highest BCUT2D eigenvalue weighted by Crippen LogP contribution is 2.22. The van der Waals surface area contributed by atoms with Crippen LogP contribution in [0.4, 0.5) is 5.69 Å². The minimum Gasteiger partial charge on any atom is -0.497 e. The smallest absolute Gasteiger partial charge is 0.293 e. The molecular weight excluding hydrogens is 402 g/mol. The van der Waals surface area contributed by atoms with Crippen LogP contribution in [0.5, 0.6) is 5.75 Å². The monoisotopic (exact) mass is 425 g/mol. The maximum atomic E-state index is 13.1. The predicted octanol–water partition coefficient (Wildman–Crippen LogP) is 3.59. The van der Waals surface area contributed by atoms with Gasteiger partial charge < -0.3 is 14.5 Å². The van der Waals surface area contributed by atoms with Crippen molar-refractivity contribution in [2.24, 2.45) is 0 Å². The lowest BCUT2D eigenvalue weighted by Crippen LogP contribution is -2.35. The van der Waals surface area contributed by atoms with Crippen molar-refractivity contribution in [3.63, 3.8) is 0 Å². The molecule has 2 aromatic carbocycles. The van der Waals surface area contributed by atoms with E-state index < -0.39 is 0 Å². The van der Waals surface area contributed by atoms with E-state index in [1.807, 2.05) is 54.3 Å².